The summed E-state index contributed by atoms with van der Waals surface area (Å²) in [6.07, 6.45) is 1.57. The normalized spacial score (nSPS) is 10.7. The highest BCUT2D eigenvalue weighted by Gasteiger charge is 2.07. The summed E-state index contributed by atoms with van der Waals surface area (Å²) in [4.78, 5) is 1.15. The molecule has 0 saturated heterocycles. The van der Waals surface area contributed by atoms with Gasteiger partial charge in [0.25, 0.3) is 0 Å². The van der Waals surface area contributed by atoms with E-state index in [2.05, 4.69) is 36.8 Å². The van der Waals surface area contributed by atoms with Gasteiger partial charge in [0.05, 0.1) is 11.4 Å². The lowest BCUT2D eigenvalue weighted by molar-refractivity contribution is 0.789. The van der Waals surface area contributed by atoms with E-state index < -0.39 is 0 Å². The molecule has 0 atom stereocenters. The molecule has 0 spiro atoms. The highest BCUT2D eigenvalue weighted by molar-refractivity contribution is 9.10. The van der Waals surface area contributed by atoms with Crippen molar-refractivity contribution in [3.8, 4) is 5.69 Å². The first-order valence-electron chi connectivity index (χ1n) is 5.74. The number of tetrazole rings is 1. The van der Waals surface area contributed by atoms with Gasteiger partial charge >= 0.3 is 0 Å². The number of thiophene rings is 1. The minimum Gasteiger partial charge on any atom is -0.378 e. The summed E-state index contributed by atoms with van der Waals surface area (Å²) < 4.78 is 3.31. The smallest absolute Gasteiger partial charge is 0.143 e. The van der Waals surface area contributed by atoms with Crippen LogP contribution < -0.4 is 5.32 Å². The van der Waals surface area contributed by atoms with Gasteiger partial charge in [0.1, 0.15) is 10.7 Å². The molecule has 102 valence electrons. The van der Waals surface area contributed by atoms with Crippen LogP contribution in [0.2, 0.25) is 4.34 Å². The predicted octanol–water partition coefficient (Wildman–Crippen LogP) is 3.75. The van der Waals surface area contributed by atoms with Gasteiger partial charge in [-0.1, -0.05) is 23.7 Å². The summed E-state index contributed by atoms with van der Waals surface area (Å²) >= 11 is 11.0. The topological polar surface area (TPSA) is 55.6 Å². The SMILES string of the molecule is Clc1sc(CNc2ccccc2-n2cnnn2)cc1Br. The number of para-hydroxylation sites is 2. The van der Waals surface area contributed by atoms with Gasteiger partial charge in [-0.15, -0.1) is 16.4 Å². The molecule has 0 aliphatic carbocycles. The molecule has 0 aliphatic heterocycles. The Labute approximate surface area is 132 Å². The number of aromatic nitrogens is 4. The fourth-order valence-electron chi connectivity index (χ4n) is 1.76. The molecule has 8 heteroatoms. The fourth-order valence-corrected chi connectivity index (χ4v) is 3.49. The molecule has 2 aromatic heterocycles. The number of benzene rings is 1. The highest BCUT2D eigenvalue weighted by atomic mass is 79.9. The number of hydrogen-bond acceptors (Lipinski definition) is 5. The van der Waals surface area contributed by atoms with Gasteiger partial charge in [0.2, 0.25) is 0 Å². The molecule has 0 saturated carbocycles. The predicted molar refractivity (Wildman–Crippen MR) is 83.5 cm³/mol. The van der Waals surface area contributed by atoms with E-state index in [9.17, 15) is 0 Å². The van der Waals surface area contributed by atoms with Gasteiger partial charge < -0.3 is 5.32 Å². The van der Waals surface area contributed by atoms with Crippen molar-refractivity contribution >= 4 is 44.6 Å². The van der Waals surface area contributed by atoms with Crippen LogP contribution in [-0.2, 0) is 6.54 Å². The van der Waals surface area contributed by atoms with Crippen LogP contribution in [0.1, 0.15) is 4.88 Å². The van der Waals surface area contributed by atoms with Crippen LogP contribution in [0.4, 0.5) is 5.69 Å². The van der Waals surface area contributed by atoms with Crippen LogP contribution in [-0.4, -0.2) is 20.2 Å². The molecule has 5 nitrogen and oxygen atoms in total. The van der Waals surface area contributed by atoms with Crippen molar-refractivity contribution in [2.45, 2.75) is 6.54 Å². The Balaban J connectivity index is 1.81. The summed E-state index contributed by atoms with van der Waals surface area (Å²) in [6.45, 7) is 0.690. The molecule has 3 rings (SSSR count). The summed E-state index contributed by atoms with van der Waals surface area (Å²) in [5, 5.41) is 14.6. The zero-order chi connectivity index (χ0) is 13.9. The lowest BCUT2D eigenvalue weighted by Crippen LogP contribution is -2.04. The second-order valence-corrected chi connectivity index (χ2v) is 6.55. The molecule has 0 aliphatic rings. The lowest BCUT2D eigenvalue weighted by Gasteiger charge is -2.10. The number of halogens is 2. The number of hydrogen-bond donors (Lipinski definition) is 1. The Morgan fingerprint density at radius 1 is 1.35 bits per heavy atom. The minimum absolute atomic E-state index is 0.690. The number of nitrogens with zero attached hydrogens (tertiary/aromatic N) is 4. The standard InChI is InChI=1S/C12H9BrClN5S/c13-9-5-8(20-12(9)14)6-15-10-3-1-2-4-11(10)19-7-16-17-18-19/h1-5,7,15H,6H2. The molecule has 2 heterocycles. The minimum atomic E-state index is 0.690. The third-order valence-corrected chi connectivity index (χ3v) is 5.12. The van der Waals surface area contributed by atoms with Crippen molar-refractivity contribution in [3.63, 3.8) is 0 Å². The van der Waals surface area contributed by atoms with Crippen molar-refractivity contribution in [1.29, 1.82) is 0 Å². The first-order valence-corrected chi connectivity index (χ1v) is 7.73. The fraction of sp³-hybridized carbons (Fsp3) is 0.0833. The number of anilines is 1. The Bertz CT molecular complexity index is 693. The van der Waals surface area contributed by atoms with E-state index in [-0.39, 0.29) is 0 Å². The van der Waals surface area contributed by atoms with Crippen LogP contribution >= 0.6 is 38.9 Å². The van der Waals surface area contributed by atoms with Crippen LogP contribution in [0.25, 0.3) is 5.69 Å². The van der Waals surface area contributed by atoms with E-state index in [4.69, 9.17) is 11.6 Å². The Morgan fingerprint density at radius 3 is 2.90 bits per heavy atom. The van der Waals surface area contributed by atoms with Gasteiger partial charge in [-0.3, -0.25) is 0 Å². The molecule has 20 heavy (non-hydrogen) atoms. The molecule has 0 unspecified atom stereocenters. The average Bonchev–Trinajstić information content (AvgIpc) is 3.08. The van der Waals surface area contributed by atoms with Gasteiger partial charge in [-0.25, -0.2) is 0 Å². The van der Waals surface area contributed by atoms with Gasteiger partial charge in [0, 0.05) is 15.9 Å². The van der Waals surface area contributed by atoms with Crippen molar-refractivity contribution in [2.24, 2.45) is 0 Å². The summed E-state index contributed by atoms with van der Waals surface area (Å²) in [5.74, 6) is 0. The average molecular weight is 371 g/mol. The third-order valence-electron chi connectivity index (χ3n) is 2.65. The highest BCUT2D eigenvalue weighted by Crippen LogP contribution is 2.32. The van der Waals surface area contributed by atoms with E-state index >= 15 is 0 Å². The van der Waals surface area contributed by atoms with Crippen molar-refractivity contribution < 1.29 is 0 Å². The van der Waals surface area contributed by atoms with Crippen molar-refractivity contribution in [2.75, 3.05) is 5.32 Å². The van der Waals surface area contributed by atoms with Crippen molar-refractivity contribution in [3.05, 3.63) is 50.3 Å². The second-order valence-electron chi connectivity index (χ2n) is 3.96. The first-order chi connectivity index (χ1) is 9.74. The van der Waals surface area contributed by atoms with Crippen LogP contribution in [0.5, 0.6) is 0 Å². The zero-order valence-electron chi connectivity index (χ0n) is 10.1. The third kappa shape index (κ3) is 2.84. The monoisotopic (exact) mass is 369 g/mol. The molecular formula is C12H9BrClN5S. The van der Waals surface area contributed by atoms with E-state index in [0.717, 1.165) is 25.1 Å². The Kier molecular flexibility index (Phi) is 4.00. The molecule has 1 aromatic carbocycles. The van der Waals surface area contributed by atoms with Crippen LogP contribution in [0, 0.1) is 0 Å². The van der Waals surface area contributed by atoms with E-state index in [0.29, 0.717) is 6.54 Å². The molecule has 3 aromatic rings. The first kappa shape index (κ1) is 13.5. The lowest BCUT2D eigenvalue weighted by atomic mass is 10.2. The molecule has 0 radical (unpaired) electrons. The van der Waals surface area contributed by atoms with Gasteiger partial charge in [-0.05, 0) is 44.6 Å². The summed E-state index contributed by atoms with van der Waals surface area (Å²) in [6, 6.07) is 9.87. The van der Waals surface area contributed by atoms with E-state index in [1.165, 1.54) is 0 Å². The van der Waals surface area contributed by atoms with E-state index in [1.54, 1.807) is 22.3 Å². The maximum Gasteiger partial charge on any atom is 0.143 e. The van der Waals surface area contributed by atoms with Crippen molar-refractivity contribution in [1.82, 2.24) is 20.2 Å². The quantitative estimate of drug-likeness (QED) is 0.760. The van der Waals surface area contributed by atoms with Crippen LogP contribution in [0.15, 0.2) is 41.1 Å². The van der Waals surface area contributed by atoms with Gasteiger partial charge in [0.15, 0.2) is 0 Å². The number of nitrogens with one attached hydrogen (secondary N) is 1. The second kappa shape index (κ2) is 5.90. The van der Waals surface area contributed by atoms with E-state index in [1.807, 2.05) is 30.3 Å². The maximum atomic E-state index is 6.04. The molecule has 0 fully saturated rings. The Morgan fingerprint density at radius 2 is 2.20 bits per heavy atom. The molecular weight excluding hydrogens is 362 g/mol. The maximum absolute atomic E-state index is 6.04. The molecule has 1 N–H and O–H groups in total. The summed E-state index contributed by atoms with van der Waals surface area (Å²) in [7, 11) is 0. The Hall–Kier alpha value is -1.44. The zero-order valence-corrected chi connectivity index (χ0v) is 13.3. The largest absolute Gasteiger partial charge is 0.378 e. The molecule has 0 bridgehead atoms. The number of rotatable bonds is 4. The molecule has 0 amide bonds. The van der Waals surface area contributed by atoms with Gasteiger partial charge in [-0.2, -0.15) is 4.68 Å². The summed E-state index contributed by atoms with van der Waals surface area (Å²) in [5.41, 5.74) is 1.86. The van der Waals surface area contributed by atoms with Crippen LogP contribution in [0.3, 0.4) is 0 Å².